The average molecular weight is 407 g/mol. The van der Waals surface area contributed by atoms with Gasteiger partial charge in [-0.25, -0.2) is 0 Å². The number of carbonyl (C=O) groups is 1. The quantitative estimate of drug-likeness (QED) is 0.490. The first-order chi connectivity index (χ1) is 14.0. The fourth-order valence-corrected chi connectivity index (χ4v) is 4.26. The predicted octanol–water partition coefficient (Wildman–Crippen LogP) is 4.63. The molecule has 4 rings (SSSR count). The second kappa shape index (κ2) is 7.75. The minimum atomic E-state index is -0.368. The molecule has 0 radical (unpaired) electrons. The summed E-state index contributed by atoms with van der Waals surface area (Å²) in [7, 11) is 1.58. The number of nitrogens with zero attached hydrogens (tertiary/aromatic N) is 3. The first kappa shape index (κ1) is 19.3. The highest BCUT2D eigenvalue weighted by Gasteiger charge is 2.21. The lowest BCUT2D eigenvalue weighted by atomic mass is 10.1. The molecule has 148 valence electrons. The van der Waals surface area contributed by atoms with E-state index in [1.165, 1.54) is 11.8 Å². The SMILES string of the molecule is COc1ccccc1NC(=O)C(C)Sc1nnc2cc(C)c3cccc(C)c3n12. The average Bonchev–Trinajstić information content (AvgIpc) is 3.10. The fraction of sp³-hybridized carbons (Fsp3) is 0.227. The van der Waals surface area contributed by atoms with Gasteiger partial charge in [0.05, 0.1) is 23.6 Å². The Balaban J connectivity index is 1.66. The van der Waals surface area contributed by atoms with E-state index in [1.807, 2.05) is 41.7 Å². The molecule has 1 atom stereocenters. The zero-order chi connectivity index (χ0) is 20.5. The number of amides is 1. The Morgan fingerprint density at radius 1 is 1.10 bits per heavy atom. The van der Waals surface area contributed by atoms with E-state index < -0.39 is 0 Å². The number of methoxy groups -OCH3 is 1. The summed E-state index contributed by atoms with van der Waals surface area (Å²) in [6.07, 6.45) is 0. The highest BCUT2D eigenvalue weighted by atomic mass is 32.2. The van der Waals surface area contributed by atoms with E-state index in [1.54, 1.807) is 7.11 Å². The number of para-hydroxylation sites is 3. The Labute approximate surface area is 173 Å². The van der Waals surface area contributed by atoms with Crippen LogP contribution < -0.4 is 10.1 Å². The molecule has 1 unspecified atom stereocenters. The first-order valence-electron chi connectivity index (χ1n) is 9.34. The normalized spacial score (nSPS) is 12.3. The molecule has 2 aromatic carbocycles. The molecule has 2 heterocycles. The molecule has 0 bridgehead atoms. The van der Waals surface area contributed by atoms with Gasteiger partial charge in [-0.05, 0) is 50.1 Å². The largest absolute Gasteiger partial charge is 0.495 e. The molecule has 7 heteroatoms. The number of anilines is 1. The number of ether oxygens (including phenoxy) is 1. The molecule has 2 aromatic heterocycles. The topological polar surface area (TPSA) is 68.5 Å². The van der Waals surface area contributed by atoms with Gasteiger partial charge in [0.2, 0.25) is 5.91 Å². The Bertz CT molecular complexity index is 1220. The van der Waals surface area contributed by atoms with Gasteiger partial charge in [-0.2, -0.15) is 0 Å². The van der Waals surface area contributed by atoms with Crippen molar-refractivity contribution >= 4 is 39.9 Å². The Hall–Kier alpha value is -3.06. The van der Waals surface area contributed by atoms with Crippen LogP contribution in [0.4, 0.5) is 5.69 Å². The number of hydrogen-bond acceptors (Lipinski definition) is 5. The van der Waals surface area contributed by atoms with Crippen molar-refractivity contribution in [1.29, 1.82) is 0 Å². The van der Waals surface area contributed by atoms with Crippen LogP contribution in [-0.4, -0.2) is 32.9 Å². The van der Waals surface area contributed by atoms with E-state index in [4.69, 9.17) is 4.74 Å². The van der Waals surface area contributed by atoms with Gasteiger partial charge in [0, 0.05) is 5.39 Å². The van der Waals surface area contributed by atoms with E-state index in [-0.39, 0.29) is 11.2 Å². The Morgan fingerprint density at radius 2 is 1.90 bits per heavy atom. The molecule has 0 aliphatic rings. The Morgan fingerprint density at radius 3 is 2.69 bits per heavy atom. The van der Waals surface area contributed by atoms with Crippen LogP contribution >= 0.6 is 11.8 Å². The van der Waals surface area contributed by atoms with Gasteiger partial charge in [0.15, 0.2) is 10.8 Å². The summed E-state index contributed by atoms with van der Waals surface area (Å²) < 4.78 is 7.35. The van der Waals surface area contributed by atoms with Crippen molar-refractivity contribution in [3.8, 4) is 5.75 Å². The molecule has 0 aliphatic carbocycles. The molecule has 0 saturated carbocycles. The number of thioether (sulfide) groups is 1. The van der Waals surface area contributed by atoms with Gasteiger partial charge >= 0.3 is 0 Å². The molecule has 0 fully saturated rings. The summed E-state index contributed by atoms with van der Waals surface area (Å²) >= 11 is 1.39. The first-order valence-corrected chi connectivity index (χ1v) is 10.2. The van der Waals surface area contributed by atoms with Crippen LogP contribution in [0.3, 0.4) is 0 Å². The summed E-state index contributed by atoms with van der Waals surface area (Å²) in [5.74, 6) is 0.507. The van der Waals surface area contributed by atoms with Crippen LogP contribution in [0.1, 0.15) is 18.1 Å². The van der Waals surface area contributed by atoms with Gasteiger partial charge in [-0.3, -0.25) is 9.20 Å². The molecule has 29 heavy (non-hydrogen) atoms. The maximum absolute atomic E-state index is 12.8. The van der Waals surface area contributed by atoms with E-state index in [2.05, 4.69) is 47.6 Å². The molecular weight excluding hydrogens is 384 g/mol. The van der Waals surface area contributed by atoms with Gasteiger partial charge in [0.25, 0.3) is 0 Å². The highest BCUT2D eigenvalue weighted by molar-refractivity contribution is 8.00. The van der Waals surface area contributed by atoms with Gasteiger partial charge in [-0.1, -0.05) is 42.1 Å². The number of nitrogens with one attached hydrogen (secondary N) is 1. The fourth-order valence-electron chi connectivity index (χ4n) is 3.40. The molecule has 6 nitrogen and oxygen atoms in total. The summed E-state index contributed by atoms with van der Waals surface area (Å²) in [6.45, 7) is 6.01. The molecule has 0 saturated heterocycles. The van der Waals surface area contributed by atoms with Crippen LogP contribution in [0.2, 0.25) is 0 Å². The maximum Gasteiger partial charge on any atom is 0.237 e. The molecule has 4 aromatic rings. The van der Waals surface area contributed by atoms with Crippen LogP contribution in [-0.2, 0) is 4.79 Å². The van der Waals surface area contributed by atoms with Crippen molar-refractivity contribution in [2.24, 2.45) is 0 Å². The molecular formula is C22H22N4O2S. The lowest BCUT2D eigenvalue weighted by Gasteiger charge is -2.14. The number of aromatic nitrogens is 3. The van der Waals surface area contributed by atoms with Crippen LogP contribution in [0.25, 0.3) is 16.6 Å². The zero-order valence-electron chi connectivity index (χ0n) is 16.8. The lowest BCUT2D eigenvalue weighted by Crippen LogP contribution is -2.23. The third kappa shape index (κ3) is 3.53. The minimum absolute atomic E-state index is 0.121. The van der Waals surface area contributed by atoms with Crippen molar-refractivity contribution in [1.82, 2.24) is 14.6 Å². The van der Waals surface area contributed by atoms with Crippen molar-refractivity contribution in [3.63, 3.8) is 0 Å². The monoisotopic (exact) mass is 406 g/mol. The van der Waals surface area contributed by atoms with E-state index in [0.717, 1.165) is 27.7 Å². The van der Waals surface area contributed by atoms with Crippen LogP contribution in [0.15, 0.2) is 53.7 Å². The lowest BCUT2D eigenvalue weighted by molar-refractivity contribution is -0.115. The molecule has 1 N–H and O–H groups in total. The summed E-state index contributed by atoms with van der Waals surface area (Å²) in [5, 5.41) is 13.1. The van der Waals surface area contributed by atoms with Crippen molar-refractivity contribution < 1.29 is 9.53 Å². The number of carbonyl (C=O) groups excluding carboxylic acids is 1. The van der Waals surface area contributed by atoms with Gasteiger partial charge in [0.1, 0.15) is 5.75 Å². The maximum atomic E-state index is 12.8. The van der Waals surface area contributed by atoms with E-state index >= 15 is 0 Å². The van der Waals surface area contributed by atoms with E-state index in [9.17, 15) is 4.79 Å². The third-order valence-electron chi connectivity index (χ3n) is 4.91. The number of hydrogen-bond donors (Lipinski definition) is 1. The van der Waals surface area contributed by atoms with Gasteiger partial charge in [-0.15, -0.1) is 10.2 Å². The molecule has 0 spiro atoms. The molecule has 0 aliphatic heterocycles. The van der Waals surface area contributed by atoms with Gasteiger partial charge < -0.3 is 10.1 Å². The smallest absolute Gasteiger partial charge is 0.237 e. The summed E-state index contributed by atoms with van der Waals surface area (Å²) in [4.78, 5) is 12.8. The number of pyridine rings is 1. The number of benzene rings is 2. The number of aryl methyl sites for hydroxylation is 2. The van der Waals surface area contributed by atoms with Crippen molar-refractivity contribution in [2.45, 2.75) is 31.2 Å². The highest BCUT2D eigenvalue weighted by Crippen LogP contribution is 2.30. The second-order valence-corrected chi connectivity index (χ2v) is 8.23. The third-order valence-corrected chi connectivity index (χ3v) is 5.95. The Kier molecular flexibility index (Phi) is 5.15. The summed E-state index contributed by atoms with van der Waals surface area (Å²) in [6, 6.07) is 15.6. The summed E-state index contributed by atoms with van der Waals surface area (Å²) in [5.41, 5.74) is 4.80. The van der Waals surface area contributed by atoms with Crippen LogP contribution in [0, 0.1) is 13.8 Å². The standard InChI is InChI=1S/C22H22N4O2S/c1-13-8-7-9-16-14(2)12-19-24-25-22(26(19)20(13)16)29-15(3)21(27)23-17-10-5-6-11-18(17)28-4/h5-12,15H,1-4H3,(H,23,27). The minimum Gasteiger partial charge on any atom is -0.495 e. The predicted molar refractivity (Wildman–Crippen MR) is 117 cm³/mol. The van der Waals surface area contributed by atoms with E-state index in [0.29, 0.717) is 16.6 Å². The number of rotatable bonds is 5. The number of fused-ring (bicyclic) bond motifs is 3. The molecule has 1 amide bonds. The van der Waals surface area contributed by atoms with Crippen LogP contribution in [0.5, 0.6) is 5.75 Å². The van der Waals surface area contributed by atoms with Crippen molar-refractivity contribution in [3.05, 3.63) is 59.7 Å². The zero-order valence-corrected chi connectivity index (χ0v) is 17.6. The second-order valence-electron chi connectivity index (χ2n) is 6.92. The van der Waals surface area contributed by atoms with Crippen molar-refractivity contribution in [2.75, 3.05) is 12.4 Å².